The molecule has 2 N–H and O–H groups in total. The number of halogens is 5. The molecular weight excluding hydrogens is 571 g/mol. The van der Waals surface area contributed by atoms with E-state index >= 15 is 0 Å². The molecule has 7 nitrogen and oxygen atoms in total. The van der Waals surface area contributed by atoms with Crippen LogP contribution < -0.4 is 10.6 Å². The molecule has 1 heterocycles. The number of hydrogen-bond acceptors (Lipinski definition) is 5. The summed E-state index contributed by atoms with van der Waals surface area (Å²) in [6, 6.07) is 0.894. The van der Waals surface area contributed by atoms with Crippen molar-refractivity contribution in [2.24, 2.45) is 23.7 Å². The molecule has 0 spiro atoms. The molecule has 0 bridgehead atoms. The molecule has 3 atom stereocenters. The molecule has 0 fully saturated rings. The fourth-order valence-electron chi connectivity index (χ4n) is 4.35. The van der Waals surface area contributed by atoms with Gasteiger partial charge in [-0.3, -0.25) is 14.3 Å². The number of nitrogens with one attached hydrogen (secondary N) is 2. The molecule has 3 unspecified atom stereocenters. The van der Waals surface area contributed by atoms with E-state index in [1.807, 2.05) is 26.1 Å². The lowest BCUT2D eigenvalue weighted by molar-refractivity contribution is -0.141. The zero-order valence-electron chi connectivity index (χ0n) is 25.7. The number of allylic oxidation sites excluding steroid dienone is 7. The van der Waals surface area contributed by atoms with Gasteiger partial charge in [-0.1, -0.05) is 52.8 Å². The van der Waals surface area contributed by atoms with Gasteiger partial charge in [0.25, 0.3) is 0 Å². The van der Waals surface area contributed by atoms with Gasteiger partial charge in [-0.2, -0.15) is 27.1 Å². The first kappa shape index (κ1) is 37.5. The Labute approximate surface area is 250 Å². The van der Waals surface area contributed by atoms with E-state index in [4.69, 9.17) is 0 Å². The molecule has 0 aliphatic carbocycles. The second kappa shape index (κ2) is 16.9. The Morgan fingerprint density at radius 1 is 1.09 bits per heavy atom. The second-order valence-electron chi connectivity index (χ2n) is 11.5. The van der Waals surface area contributed by atoms with Gasteiger partial charge in [0.2, 0.25) is 5.91 Å². The highest BCUT2D eigenvalue weighted by molar-refractivity contribution is 5.81. The Morgan fingerprint density at radius 2 is 1.74 bits per heavy atom. The summed E-state index contributed by atoms with van der Waals surface area (Å²) in [4.78, 5) is 36.3. The predicted octanol–water partition coefficient (Wildman–Crippen LogP) is 6.73. The summed E-state index contributed by atoms with van der Waals surface area (Å²) < 4.78 is 68.0. The van der Waals surface area contributed by atoms with Crippen LogP contribution >= 0.6 is 0 Å². The van der Waals surface area contributed by atoms with E-state index in [0.29, 0.717) is 30.1 Å². The Hall–Kier alpha value is -3.57. The van der Waals surface area contributed by atoms with E-state index in [0.717, 1.165) is 16.9 Å². The number of hydrogen-bond donors (Lipinski definition) is 2. The van der Waals surface area contributed by atoms with Gasteiger partial charge in [0.15, 0.2) is 5.69 Å². The van der Waals surface area contributed by atoms with Gasteiger partial charge in [-0.05, 0) is 67.9 Å². The van der Waals surface area contributed by atoms with E-state index < -0.39 is 47.6 Å². The summed E-state index contributed by atoms with van der Waals surface area (Å²) in [6.07, 6.45) is 5.92. The van der Waals surface area contributed by atoms with E-state index in [2.05, 4.69) is 10.4 Å². The van der Waals surface area contributed by atoms with Crippen LogP contribution in [0, 0.1) is 23.7 Å². The normalized spacial score (nSPS) is 15.8. The van der Waals surface area contributed by atoms with Gasteiger partial charge in [0.1, 0.15) is 12.6 Å². The van der Waals surface area contributed by atoms with Crippen molar-refractivity contribution in [3.05, 3.63) is 59.6 Å². The fraction of sp³-hybridized carbons (Fsp3) is 0.548. The third-order valence-electron chi connectivity index (χ3n) is 6.67. The lowest BCUT2D eigenvalue weighted by Crippen LogP contribution is -2.50. The molecule has 0 saturated carbocycles. The number of rotatable bonds is 17. The second-order valence-corrected chi connectivity index (χ2v) is 11.5. The third kappa shape index (κ3) is 12.7. The van der Waals surface area contributed by atoms with Crippen LogP contribution in [0.3, 0.4) is 0 Å². The van der Waals surface area contributed by atoms with E-state index in [9.17, 15) is 36.3 Å². The van der Waals surface area contributed by atoms with Crippen LogP contribution in [0.15, 0.2) is 48.2 Å². The molecule has 240 valence electrons. The molecule has 0 aliphatic heterocycles. The summed E-state index contributed by atoms with van der Waals surface area (Å²) in [5.41, 5.74) is -1.41. The number of nitrogens with zero attached hydrogens (tertiary/aromatic N) is 2. The molecule has 1 rings (SSSR count). The minimum absolute atomic E-state index is 0.0283. The summed E-state index contributed by atoms with van der Waals surface area (Å²) >= 11 is 0. The van der Waals surface area contributed by atoms with Crippen LogP contribution in [0.5, 0.6) is 0 Å². The first-order valence-electron chi connectivity index (χ1n) is 14.1. The molecule has 43 heavy (non-hydrogen) atoms. The topological polar surface area (TPSA) is 93.1 Å². The van der Waals surface area contributed by atoms with Crippen molar-refractivity contribution in [2.45, 2.75) is 86.1 Å². The van der Waals surface area contributed by atoms with Crippen LogP contribution in [0.1, 0.15) is 72.7 Å². The highest BCUT2D eigenvalue weighted by Gasteiger charge is 2.37. The van der Waals surface area contributed by atoms with Crippen molar-refractivity contribution in [1.82, 2.24) is 20.4 Å². The lowest BCUT2D eigenvalue weighted by atomic mass is 9.80. The van der Waals surface area contributed by atoms with E-state index in [1.165, 1.54) is 12.2 Å². The number of amides is 1. The predicted molar refractivity (Wildman–Crippen MR) is 157 cm³/mol. The molecule has 1 aromatic heterocycles. The molecule has 0 saturated heterocycles. The van der Waals surface area contributed by atoms with Crippen molar-refractivity contribution >= 4 is 24.1 Å². The Kier molecular flexibility index (Phi) is 14.7. The largest absolute Gasteiger partial charge is 0.435 e. The molecule has 12 heteroatoms. The number of carbonyl (C=O) groups excluding carboxylic acids is 3. The zero-order chi connectivity index (χ0) is 33.0. The standard InChI is InChI=1S/C31H43F5N4O3/c1-8-9-11-23(17-37-29(32)33)15-25(22(5)21(4)18-42)28(43)38-30(6,7)19-40-26(16-27(39-40)31(34,35)36)24(12-10-13-41)14-20(2)3/h9-14,16-18,20-22,25,29,37H,8,15,19H2,1-7H3,(H,38,43)/b11-9+,12-10-,23-17+,24-14?. The smallest absolute Gasteiger partial charge is 0.349 e. The summed E-state index contributed by atoms with van der Waals surface area (Å²) in [7, 11) is 0. The van der Waals surface area contributed by atoms with Crippen molar-refractivity contribution in [3.8, 4) is 0 Å². The Balaban J connectivity index is 3.52. The van der Waals surface area contributed by atoms with Gasteiger partial charge in [0.05, 0.1) is 17.8 Å². The number of aldehydes is 2. The third-order valence-corrected chi connectivity index (χ3v) is 6.67. The van der Waals surface area contributed by atoms with Crippen LogP contribution in [-0.4, -0.2) is 40.3 Å². The van der Waals surface area contributed by atoms with Crippen molar-refractivity contribution in [2.75, 3.05) is 0 Å². The highest BCUT2D eigenvalue weighted by Crippen LogP contribution is 2.32. The maximum Gasteiger partial charge on any atom is 0.435 e. The van der Waals surface area contributed by atoms with Gasteiger partial charge in [-0.15, -0.1) is 0 Å². The highest BCUT2D eigenvalue weighted by atomic mass is 19.4. The first-order valence-corrected chi connectivity index (χ1v) is 14.1. The monoisotopic (exact) mass is 614 g/mol. The summed E-state index contributed by atoms with van der Waals surface area (Å²) in [5, 5.41) is 8.60. The van der Waals surface area contributed by atoms with Crippen LogP contribution in [0.2, 0.25) is 0 Å². The summed E-state index contributed by atoms with van der Waals surface area (Å²) in [5.74, 6) is -2.44. The Bertz CT molecular complexity index is 1200. The van der Waals surface area contributed by atoms with Crippen LogP contribution in [0.25, 0.3) is 5.57 Å². The van der Waals surface area contributed by atoms with E-state index in [-0.39, 0.29) is 24.6 Å². The summed E-state index contributed by atoms with van der Waals surface area (Å²) in [6.45, 7) is 9.14. The Morgan fingerprint density at radius 3 is 2.26 bits per heavy atom. The minimum atomic E-state index is -4.74. The van der Waals surface area contributed by atoms with Crippen LogP contribution in [0.4, 0.5) is 22.0 Å². The van der Waals surface area contributed by atoms with Crippen molar-refractivity contribution in [3.63, 3.8) is 0 Å². The molecule has 0 radical (unpaired) electrons. The molecule has 1 aromatic rings. The van der Waals surface area contributed by atoms with Gasteiger partial charge < -0.3 is 15.4 Å². The first-order chi connectivity index (χ1) is 19.9. The fourth-order valence-corrected chi connectivity index (χ4v) is 4.35. The molecule has 0 aliphatic rings. The maximum atomic E-state index is 13.7. The maximum absolute atomic E-state index is 13.7. The SMILES string of the molecule is CC/C=C/C(=C\NC(F)F)CC(C(=O)NC(C)(C)Cn1nc(C(F)(F)F)cc1C(=CC(C)C)/C=C\C=O)C(C)C(C)C=O. The van der Waals surface area contributed by atoms with Gasteiger partial charge >= 0.3 is 12.7 Å². The molecular formula is C31H43F5N4O3. The van der Waals surface area contributed by atoms with Crippen molar-refractivity contribution in [1.29, 1.82) is 0 Å². The lowest BCUT2D eigenvalue weighted by Gasteiger charge is -2.32. The number of aromatic nitrogens is 2. The average molecular weight is 615 g/mol. The van der Waals surface area contributed by atoms with Crippen LogP contribution in [-0.2, 0) is 27.1 Å². The van der Waals surface area contributed by atoms with Gasteiger partial charge in [-0.25, -0.2) is 0 Å². The van der Waals surface area contributed by atoms with E-state index in [1.54, 1.807) is 45.9 Å². The zero-order valence-corrected chi connectivity index (χ0v) is 25.7. The quantitative estimate of drug-likeness (QED) is 0.0668. The number of carbonyl (C=O) groups is 3. The number of alkyl halides is 5. The van der Waals surface area contributed by atoms with Crippen molar-refractivity contribution < 1.29 is 36.3 Å². The molecule has 1 amide bonds. The minimum Gasteiger partial charge on any atom is -0.349 e. The van der Waals surface area contributed by atoms with Gasteiger partial charge in [0, 0.05) is 18.0 Å². The average Bonchev–Trinajstić information content (AvgIpc) is 3.32. The molecule has 0 aromatic carbocycles.